The molecule has 0 spiro atoms. The average Bonchev–Trinajstić information content (AvgIpc) is 4.22. The standard InChI is InChI=1S/3C16H12N2O2.3C3H8.3C2H6/c3*19-15(16(20)18-11-6-2-1-3-7-11)13-10-17-14-9-5-4-8-12(13)14;3*1-3-2;3*1-2/h3*1-10,17H,(H,18,20);3*3H2,1-2H3;3*1-2H3. The van der Waals surface area contributed by atoms with Crippen LogP contribution in [0.5, 0.6) is 0 Å². The molecule has 12 heteroatoms. The minimum absolute atomic E-state index is 0.383. The van der Waals surface area contributed by atoms with E-state index in [9.17, 15) is 28.8 Å². The Morgan fingerprint density at radius 1 is 0.307 bits per heavy atom. The molecule has 0 saturated carbocycles. The number of carbonyl (C=O) groups is 6. The van der Waals surface area contributed by atoms with Crippen molar-refractivity contribution in [2.24, 2.45) is 0 Å². The van der Waals surface area contributed by atoms with Crippen molar-refractivity contribution in [2.75, 3.05) is 16.0 Å². The van der Waals surface area contributed by atoms with Crippen LogP contribution >= 0.6 is 0 Å². The summed E-state index contributed by atoms with van der Waals surface area (Å²) < 4.78 is 0. The van der Waals surface area contributed by atoms with Gasteiger partial charge in [0, 0.05) is 68.4 Å². The van der Waals surface area contributed by atoms with E-state index in [1.54, 1.807) is 91.4 Å². The Hall–Kier alpha value is -8.64. The molecule has 0 aliphatic carbocycles. The number of Topliss-reactive ketones (excluding diaryl/α,β-unsaturated/α-hetero) is 3. The summed E-state index contributed by atoms with van der Waals surface area (Å²) in [7, 11) is 0. The first kappa shape index (κ1) is 64.4. The van der Waals surface area contributed by atoms with Crippen molar-refractivity contribution in [3.63, 3.8) is 0 Å². The van der Waals surface area contributed by atoms with Crippen molar-refractivity contribution in [1.82, 2.24) is 15.0 Å². The van der Waals surface area contributed by atoms with Crippen LogP contribution in [-0.2, 0) is 14.4 Å². The van der Waals surface area contributed by atoms with Gasteiger partial charge in [-0.3, -0.25) is 28.8 Å². The number of aromatic amines is 3. The molecule has 3 amide bonds. The lowest BCUT2D eigenvalue weighted by atomic mass is 10.1. The first-order valence-corrected chi connectivity index (χ1v) is 25.9. The van der Waals surface area contributed by atoms with E-state index in [2.05, 4.69) is 72.4 Å². The van der Waals surface area contributed by atoms with Crippen molar-refractivity contribution >= 4 is 84.8 Å². The van der Waals surface area contributed by atoms with Crippen LogP contribution in [0.25, 0.3) is 32.7 Å². The number of anilines is 3. The maximum absolute atomic E-state index is 12.2. The summed E-state index contributed by atoms with van der Waals surface area (Å²) in [4.78, 5) is 81.5. The van der Waals surface area contributed by atoms with Gasteiger partial charge in [-0.1, -0.05) is 212 Å². The molecule has 3 aromatic heterocycles. The maximum Gasteiger partial charge on any atom is 0.296 e. The van der Waals surface area contributed by atoms with Crippen LogP contribution in [0.4, 0.5) is 17.1 Å². The van der Waals surface area contributed by atoms with Gasteiger partial charge >= 0.3 is 0 Å². The molecule has 396 valence electrons. The first-order chi connectivity index (χ1) is 36.5. The molecule has 0 bridgehead atoms. The number of carbonyl (C=O) groups excluding carboxylic acids is 6. The monoisotopic (exact) mass is 1010 g/mol. The zero-order valence-electron chi connectivity index (χ0n) is 45.9. The number of fused-ring (bicyclic) bond motifs is 3. The molecule has 3 heterocycles. The zero-order chi connectivity index (χ0) is 56.0. The summed E-state index contributed by atoms with van der Waals surface area (Å²) in [5, 5.41) is 10.0. The Morgan fingerprint density at radius 3 is 0.707 bits per heavy atom. The second-order valence-electron chi connectivity index (χ2n) is 15.3. The van der Waals surface area contributed by atoms with Crippen molar-refractivity contribution in [1.29, 1.82) is 0 Å². The van der Waals surface area contributed by atoms with E-state index in [0.717, 1.165) is 32.7 Å². The molecule has 6 N–H and O–H groups in total. The van der Waals surface area contributed by atoms with E-state index in [0.29, 0.717) is 33.8 Å². The van der Waals surface area contributed by atoms with Crippen molar-refractivity contribution in [3.8, 4) is 0 Å². The number of benzene rings is 6. The molecule has 0 aliphatic rings. The molecule has 0 saturated heterocycles. The van der Waals surface area contributed by atoms with Crippen molar-refractivity contribution < 1.29 is 28.8 Å². The topological polar surface area (TPSA) is 186 Å². The number of hydrogen-bond donors (Lipinski definition) is 6. The highest BCUT2D eigenvalue weighted by Gasteiger charge is 2.22. The molecular weight excluding hydrogens is 937 g/mol. The Morgan fingerprint density at radius 2 is 0.493 bits per heavy atom. The van der Waals surface area contributed by atoms with Crippen LogP contribution in [-0.4, -0.2) is 50.0 Å². The molecule has 12 nitrogen and oxygen atoms in total. The Kier molecular flexibility index (Phi) is 32.7. The number of hydrogen-bond acceptors (Lipinski definition) is 6. The summed E-state index contributed by atoms with van der Waals surface area (Å²) in [5.41, 5.74) is 5.47. The van der Waals surface area contributed by atoms with Gasteiger partial charge in [0.25, 0.3) is 35.1 Å². The molecular formula is C63H78N6O6. The van der Waals surface area contributed by atoms with E-state index in [4.69, 9.17) is 0 Å². The van der Waals surface area contributed by atoms with Crippen LogP contribution in [0.1, 0.15) is 133 Å². The zero-order valence-corrected chi connectivity index (χ0v) is 45.9. The average molecular weight is 1020 g/mol. The number of amides is 3. The fourth-order valence-electron chi connectivity index (χ4n) is 6.27. The maximum atomic E-state index is 12.2. The summed E-state index contributed by atoms with van der Waals surface area (Å²) in [5.74, 6) is -3.56. The number of para-hydroxylation sites is 6. The Balaban J connectivity index is 0.000000497. The van der Waals surface area contributed by atoms with Gasteiger partial charge in [0.15, 0.2) is 0 Å². The van der Waals surface area contributed by atoms with Gasteiger partial charge in [0.05, 0.1) is 16.7 Å². The fraction of sp³-hybridized carbons (Fsp3) is 0.238. The third-order valence-corrected chi connectivity index (χ3v) is 9.22. The number of H-pyrrole nitrogens is 3. The Bertz CT molecular complexity index is 2700. The minimum Gasteiger partial charge on any atom is -0.360 e. The molecule has 9 aromatic rings. The van der Waals surface area contributed by atoms with E-state index in [1.807, 2.05) is 133 Å². The summed E-state index contributed by atoms with van der Waals surface area (Å²) >= 11 is 0. The second-order valence-corrected chi connectivity index (χ2v) is 15.3. The van der Waals surface area contributed by atoms with Crippen LogP contribution < -0.4 is 16.0 Å². The second kappa shape index (κ2) is 38.0. The molecule has 75 heavy (non-hydrogen) atoms. The third kappa shape index (κ3) is 21.2. The van der Waals surface area contributed by atoms with Crippen LogP contribution in [0.15, 0.2) is 182 Å². The molecule has 0 radical (unpaired) electrons. The molecule has 0 fully saturated rings. The summed E-state index contributed by atoms with van der Waals surface area (Å²) in [6, 6.07) is 48.9. The number of rotatable bonds is 9. The van der Waals surface area contributed by atoms with Gasteiger partial charge in [-0.05, 0) is 54.6 Å². The number of aromatic nitrogens is 3. The normalized spacial score (nSPS) is 9.28. The largest absolute Gasteiger partial charge is 0.360 e. The first-order valence-electron chi connectivity index (χ1n) is 25.9. The van der Waals surface area contributed by atoms with Crippen molar-refractivity contribution in [2.45, 2.75) is 102 Å². The lowest BCUT2D eigenvalue weighted by molar-refractivity contribution is -0.113. The van der Waals surface area contributed by atoms with Crippen LogP contribution in [0.2, 0.25) is 0 Å². The highest BCUT2D eigenvalue weighted by molar-refractivity contribution is 6.49. The van der Waals surface area contributed by atoms with Gasteiger partial charge in [-0.25, -0.2) is 0 Å². The highest BCUT2D eigenvalue weighted by Crippen LogP contribution is 2.21. The van der Waals surface area contributed by atoms with E-state index in [-0.39, 0.29) is 0 Å². The Labute approximate surface area is 444 Å². The summed E-state index contributed by atoms with van der Waals surface area (Å²) in [6.07, 6.45) is 8.45. The summed E-state index contributed by atoms with van der Waals surface area (Å²) in [6.45, 7) is 24.8. The predicted octanol–water partition coefficient (Wildman–Crippen LogP) is 16.3. The van der Waals surface area contributed by atoms with Crippen molar-refractivity contribution in [3.05, 3.63) is 199 Å². The quantitative estimate of drug-likeness (QED) is 0.0617. The number of nitrogens with one attached hydrogen (secondary N) is 6. The smallest absolute Gasteiger partial charge is 0.296 e. The highest BCUT2D eigenvalue weighted by atomic mass is 16.2. The molecule has 6 aromatic carbocycles. The van der Waals surface area contributed by atoms with Gasteiger partial charge in [0.2, 0.25) is 0 Å². The minimum atomic E-state index is -0.638. The molecule has 0 atom stereocenters. The predicted molar refractivity (Wildman–Crippen MR) is 315 cm³/mol. The molecule has 0 unspecified atom stereocenters. The molecule has 0 aliphatic heterocycles. The third-order valence-electron chi connectivity index (χ3n) is 9.22. The fourth-order valence-corrected chi connectivity index (χ4v) is 6.27. The van der Waals surface area contributed by atoms with Gasteiger partial charge < -0.3 is 30.9 Å². The van der Waals surface area contributed by atoms with Crippen LogP contribution in [0, 0.1) is 0 Å². The lowest BCUT2D eigenvalue weighted by Gasteiger charge is -2.03. The number of ketones is 3. The SMILES string of the molecule is CC.CC.CC.CCC.CCC.CCC.O=C(Nc1ccccc1)C(=O)c1c[nH]c2ccccc12.O=C(Nc1ccccc1)C(=O)c1c[nH]c2ccccc12.O=C(Nc1ccccc1)C(=O)c1c[nH]c2ccccc12. The lowest BCUT2D eigenvalue weighted by Crippen LogP contribution is -2.22. The van der Waals surface area contributed by atoms with Gasteiger partial charge in [-0.15, -0.1) is 0 Å². The van der Waals surface area contributed by atoms with Gasteiger partial charge in [-0.2, -0.15) is 0 Å². The molecule has 9 rings (SSSR count). The van der Waals surface area contributed by atoms with E-state index >= 15 is 0 Å². The van der Waals surface area contributed by atoms with Gasteiger partial charge in [0.1, 0.15) is 0 Å². The van der Waals surface area contributed by atoms with E-state index in [1.165, 1.54) is 19.3 Å². The van der Waals surface area contributed by atoms with Crippen LogP contribution in [0.3, 0.4) is 0 Å². The van der Waals surface area contributed by atoms with E-state index < -0.39 is 35.1 Å².